The van der Waals surface area contributed by atoms with E-state index in [9.17, 15) is 0 Å². The predicted octanol–water partition coefficient (Wildman–Crippen LogP) is 5.30. The lowest BCUT2D eigenvalue weighted by atomic mass is 10.2. The lowest BCUT2D eigenvalue weighted by molar-refractivity contribution is 0.412. The van der Waals surface area contributed by atoms with Crippen molar-refractivity contribution in [2.75, 3.05) is 7.11 Å². The second-order valence-corrected chi connectivity index (χ2v) is 7.46. The molecule has 0 spiro atoms. The molecule has 0 saturated heterocycles. The number of hydrogen-bond acceptors (Lipinski definition) is 5. The summed E-state index contributed by atoms with van der Waals surface area (Å²) in [7, 11) is 1.69. The maximum absolute atomic E-state index is 5.58. The van der Waals surface area contributed by atoms with E-state index in [1.165, 1.54) is 5.56 Å². The monoisotopic (exact) mass is 379 g/mol. The first-order valence-corrected chi connectivity index (χ1v) is 10.0. The summed E-state index contributed by atoms with van der Waals surface area (Å²) in [6.07, 6.45) is 0. The second-order valence-electron chi connectivity index (χ2n) is 5.57. The van der Waals surface area contributed by atoms with Crippen molar-refractivity contribution >= 4 is 23.1 Å². The molecular formula is C20H17N3OS2. The summed E-state index contributed by atoms with van der Waals surface area (Å²) in [5.74, 6) is 2.46. The number of rotatable bonds is 6. The molecule has 130 valence electrons. The van der Waals surface area contributed by atoms with E-state index in [4.69, 9.17) is 4.74 Å². The molecule has 2 aromatic carbocycles. The van der Waals surface area contributed by atoms with Gasteiger partial charge in [-0.2, -0.15) is 0 Å². The highest BCUT2D eigenvalue weighted by Crippen LogP contribution is 2.34. The topological polar surface area (TPSA) is 39.9 Å². The molecule has 0 fully saturated rings. The Morgan fingerprint density at radius 1 is 0.962 bits per heavy atom. The van der Waals surface area contributed by atoms with Gasteiger partial charge < -0.3 is 4.74 Å². The largest absolute Gasteiger partial charge is 0.495 e. The molecule has 0 aliphatic heterocycles. The molecule has 26 heavy (non-hydrogen) atoms. The summed E-state index contributed by atoms with van der Waals surface area (Å²) < 4.78 is 7.66. The lowest BCUT2D eigenvalue weighted by Gasteiger charge is -2.13. The quantitative estimate of drug-likeness (QED) is 0.426. The standard InChI is InChI=1S/C20H17N3OS2/c1-24-17-11-6-5-10-16(17)23-19(18-12-7-13-25-18)21-22-20(23)26-14-15-8-3-2-4-9-15/h2-13H,14H2,1H3. The van der Waals surface area contributed by atoms with E-state index in [0.29, 0.717) is 0 Å². The third-order valence-corrected chi connectivity index (χ3v) is 5.78. The first-order chi connectivity index (χ1) is 12.9. The van der Waals surface area contributed by atoms with E-state index in [1.807, 2.05) is 41.8 Å². The van der Waals surface area contributed by atoms with Crippen LogP contribution in [0.15, 0.2) is 77.3 Å². The number of benzene rings is 2. The highest BCUT2D eigenvalue weighted by Gasteiger charge is 2.19. The van der Waals surface area contributed by atoms with E-state index < -0.39 is 0 Å². The molecule has 0 radical (unpaired) electrons. The van der Waals surface area contributed by atoms with E-state index in [2.05, 4.69) is 45.1 Å². The smallest absolute Gasteiger partial charge is 0.196 e. The van der Waals surface area contributed by atoms with Gasteiger partial charge in [-0.25, -0.2) is 0 Å². The molecule has 0 amide bonds. The van der Waals surface area contributed by atoms with Gasteiger partial charge in [-0.05, 0) is 29.1 Å². The van der Waals surface area contributed by atoms with Gasteiger partial charge in [0.25, 0.3) is 0 Å². The van der Waals surface area contributed by atoms with Gasteiger partial charge >= 0.3 is 0 Å². The predicted molar refractivity (Wildman–Crippen MR) is 107 cm³/mol. The third kappa shape index (κ3) is 3.38. The SMILES string of the molecule is COc1ccccc1-n1c(SCc2ccccc2)nnc1-c1cccs1. The minimum Gasteiger partial charge on any atom is -0.495 e. The van der Waals surface area contributed by atoms with Gasteiger partial charge in [0.2, 0.25) is 0 Å². The number of thioether (sulfide) groups is 1. The molecule has 4 nitrogen and oxygen atoms in total. The Balaban J connectivity index is 1.77. The molecule has 0 bridgehead atoms. The van der Waals surface area contributed by atoms with Crippen LogP contribution in [0.4, 0.5) is 0 Å². The minimum atomic E-state index is 0.798. The Hall–Kier alpha value is -2.57. The first-order valence-electron chi connectivity index (χ1n) is 8.16. The fourth-order valence-electron chi connectivity index (χ4n) is 2.68. The number of aromatic nitrogens is 3. The summed E-state index contributed by atoms with van der Waals surface area (Å²) in [6.45, 7) is 0. The Morgan fingerprint density at radius 3 is 2.54 bits per heavy atom. The van der Waals surface area contributed by atoms with Crippen molar-refractivity contribution in [2.24, 2.45) is 0 Å². The maximum Gasteiger partial charge on any atom is 0.196 e. The van der Waals surface area contributed by atoms with Crippen LogP contribution in [0.1, 0.15) is 5.56 Å². The summed E-state index contributed by atoms with van der Waals surface area (Å²) in [5.41, 5.74) is 2.20. The van der Waals surface area contributed by atoms with Crippen molar-refractivity contribution in [1.29, 1.82) is 0 Å². The Labute approximate surface area is 160 Å². The molecule has 6 heteroatoms. The van der Waals surface area contributed by atoms with Crippen LogP contribution in [0.25, 0.3) is 16.4 Å². The fraction of sp³-hybridized carbons (Fsp3) is 0.100. The van der Waals surface area contributed by atoms with Gasteiger partial charge in [0.15, 0.2) is 11.0 Å². The summed E-state index contributed by atoms with van der Waals surface area (Å²) in [4.78, 5) is 1.08. The highest BCUT2D eigenvalue weighted by atomic mass is 32.2. The Bertz CT molecular complexity index is 981. The summed E-state index contributed by atoms with van der Waals surface area (Å²) in [5, 5.41) is 11.8. The minimum absolute atomic E-state index is 0.798. The van der Waals surface area contributed by atoms with Crippen LogP contribution < -0.4 is 4.74 Å². The number of ether oxygens (including phenoxy) is 1. The van der Waals surface area contributed by atoms with Gasteiger partial charge in [0.05, 0.1) is 17.7 Å². The van der Waals surface area contributed by atoms with E-state index >= 15 is 0 Å². The van der Waals surface area contributed by atoms with Crippen molar-refractivity contribution in [3.05, 3.63) is 77.7 Å². The zero-order valence-electron chi connectivity index (χ0n) is 14.2. The van der Waals surface area contributed by atoms with Crippen molar-refractivity contribution < 1.29 is 4.74 Å². The Morgan fingerprint density at radius 2 is 1.77 bits per heavy atom. The average molecular weight is 380 g/mol. The van der Waals surface area contributed by atoms with Crippen LogP contribution in [0.5, 0.6) is 5.75 Å². The van der Waals surface area contributed by atoms with Crippen LogP contribution in [0.3, 0.4) is 0 Å². The van der Waals surface area contributed by atoms with Crippen LogP contribution in [-0.2, 0) is 5.75 Å². The molecule has 4 rings (SSSR count). The van der Waals surface area contributed by atoms with Crippen molar-refractivity contribution in [3.8, 4) is 22.1 Å². The molecular weight excluding hydrogens is 362 g/mol. The third-order valence-electron chi connectivity index (χ3n) is 3.91. The van der Waals surface area contributed by atoms with E-state index in [0.717, 1.165) is 33.0 Å². The molecule has 0 aliphatic rings. The molecule has 0 saturated carbocycles. The lowest BCUT2D eigenvalue weighted by Crippen LogP contribution is -2.01. The maximum atomic E-state index is 5.58. The first kappa shape index (κ1) is 16.9. The second kappa shape index (κ2) is 7.76. The van der Waals surface area contributed by atoms with E-state index in [-0.39, 0.29) is 0 Å². The zero-order chi connectivity index (χ0) is 17.8. The zero-order valence-corrected chi connectivity index (χ0v) is 15.8. The van der Waals surface area contributed by atoms with Crippen LogP contribution in [0.2, 0.25) is 0 Å². The number of nitrogens with zero attached hydrogens (tertiary/aromatic N) is 3. The van der Waals surface area contributed by atoms with Crippen molar-refractivity contribution in [1.82, 2.24) is 14.8 Å². The average Bonchev–Trinajstić information content (AvgIpc) is 3.36. The van der Waals surface area contributed by atoms with Crippen LogP contribution >= 0.6 is 23.1 Å². The summed E-state index contributed by atoms with van der Waals surface area (Å²) >= 11 is 3.32. The Kier molecular flexibility index (Phi) is 5.04. The fourth-order valence-corrected chi connectivity index (χ4v) is 4.28. The van der Waals surface area contributed by atoms with Crippen LogP contribution in [-0.4, -0.2) is 21.9 Å². The molecule has 0 atom stereocenters. The highest BCUT2D eigenvalue weighted by molar-refractivity contribution is 7.98. The van der Waals surface area contributed by atoms with Crippen molar-refractivity contribution in [2.45, 2.75) is 10.9 Å². The number of hydrogen-bond donors (Lipinski definition) is 0. The van der Waals surface area contributed by atoms with Crippen molar-refractivity contribution in [3.63, 3.8) is 0 Å². The number of methoxy groups -OCH3 is 1. The van der Waals surface area contributed by atoms with Gasteiger partial charge in [-0.1, -0.05) is 60.3 Å². The van der Waals surface area contributed by atoms with Gasteiger partial charge in [0, 0.05) is 5.75 Å². The van der Waals surface area contributed by atoms with Crippen LogP contribution in [0, 0.1) is 0 Å². The normalized spacial score (nSPS) is 10.8. The summed E-state index contributed by atoms with van der Waals surface area (Å²) in [6, 6.07) is 22.4. The number of para-hydroxylation sites is 2. The molecule has 0 aliphatic carbocycles. The molecule has 4 aromatic rings. The van der Waals surface area contributed by atoms with E-state index in [1.54, 1.807) is 30.2 Å². The molecule has 0 unspecified atom stereocenters. The molecule has 0 N–H and O–H groups in total. The molecule has 2 heterocycles. The van der Waals surface area contributed by atoms with Gasteiger partial charge in [-0.15, -0.1) is 21.5 Å². The van der Waals surface area contributed by atoms with Gasteiger partial charge in [-0.3, -0.25) is 4.57 Å². The number of thiophene rings is 1. The van der Waals surface area contributed by atoms with Gasteiger partial charge in [0.1, 0.15) is 5.75 Å². The molecule has 2 aromatic heterocycles.